The highest BCUT2D eigenvalue weighted by atomic mass is 16.2. The van der Waals surface area contributed by atoms with Crippen molar-refractivity contribution in [2.24, 2.45) is 11.7 Å². The second-order valence-corrected chi connectivity index (χ2v) is 5.65. The van der Waals surface area contributed by atoms with Crippen LogP contribution in [0.4, 0.5) is 11.4 Å². The van der Waals surface area contributed by atoms with E-state index < -0.39 is 6.04 Å². The number of nitrogens with zero attached hydrogens (tertiary/aromatic N) is 2. The van der Waals surface area contributed by atoms with Gasteiger partial charge in [0.1, 0.15) is 6.04 Å². The number of hydrogen-bond acceptors (Lipinski definition) is 3. The molecule has 1 aromatic rings. The molecule has 0 bridgehead atoms. The molecule has 20 heavy (non-hydrogen) atoms. The number of fused-ring (bicyclic) bond motifs is 1. The van der Waals surface area contributed by atoms with Gasteiger partial charge in [0.05, 0.1) is 12.2 Å². The molecule has 1 amide bonds. The maximum absolute atomic E-state index is 11.9. The molecule has 1 heterocycles. The summed E-state index contributed by atoms with van der Waals surface area (Å²) in [5.74, 6) is 3.43. The minimum Gasteiger partial charge on any atom is -0.360 e. The largest absolute Gasteiger partial charge is 0.360 e. The third-order valence-electron chi connectivity index (χ3n) is 4.13. The van der Waals surface area contributed by atoms with Crippen molar-refractivity contribution in [3.8, 4) is 12.3 Å². The molecule has 4 nitrogen and oxygen atoms in total. The summed E-state index contributed by atoms with van der Waals surface area (Å²) in [5.41, 5.74) is 8.79. The lowest BCUT2D eigenvalue weighted by molar-refractivity contribution is -0.118. The Morgan fingerprint density at radius 3 is 2.90 bits per heavy atom. The van der Waals surface area contributed by atoms with Crippen molar-refractivity contribution >= 4 is 17.3 Å². The molecule has 1 saturated carbocycles. The Bertz CT molecular complexity index is 586. The van der Waals surface area contributed by atoms with Crippen molar-refractivity contribution in [3.05, 3.63) is 23.8 Å². The Morgan fingerprint density at radius 1 is 1.50 bits per heavy atom. The molecule has 1 aliphatic heterocycles. The van der Waals surface area contributed by atoms with Gasteiger partial charge in [-0.2, -0.15) is 0 Å². The molecule has 3 rings (SSSR count). The number of rotatable bonds is 4. The summed E-state index contributed by atoms with van der Waals surface area (Å²) >= 11 is 0. The standard InChI is InChI=1S/C16H19N3O/c1-3-8-19(10-11-4-5-11)12-6-7-13-14(9-12)18(2)16(20)15(13)17/h1,6-7,9,11,15H,4-5,8,10,17H2,2H3. The van der Waals surface area contributed by atoms with E-state index in [9.17, 15) is 4.79 Å². The molecule has 0 spiro atoms. The zero-order valence-electron chi connectivity index (χ0n) is 11.7. The van der Waals surface area contributed by atoms with E-state index in [1.807, 2.05) is 18.2 Å². The van der Waals surface area contributed by atoms with Crippen LogP contribution in [-0.4, -0.2) is 26.0 Å². The van der Waals surface area contributed by atoms with Gasteiger partial charge >= 0.3 is 0 Å². The second-order valence-electron chi connectivity index (χ2n) is 5.65. The van der Waals surface area contributed by atoms with Gasteiger partial charge in [0.25, 0.3) is 0 Å². The highest BCUT2D eigenvalue weighted by Gasteiger charge is 2.33. The quantitative estimate of drug-likeness (QED) is 0.843. The first-order valence-corrected chi connectivity index (χ1v) is 6.97. The van der Waals surface area contributed by atoms with E-state index in [-0.39, 0.29) is 5.91 Å². The topological polar surface area (TPSA) is 49.6 Å². The third-order valence-corrected chi connectivity index (χ3v) is 4.13. The van der Waals surface area contributed by atoms with Crippen LogP contribution in [-0.2, 0) is 4.79 Å². The Balaban J connectivity index is 1.91. The zero-order valence-corrected chi connectivity index (χ0v) is 11.7. The van der Waals surface area contributed by atoms with Crippen molar-refractivity contribution in [1.82, 2.24) is 0 Å². The van der Waals surface area contributed by atoms with Gasteiger partial charge in [-0.05, 0) is 30.9 Å². The normalized spacial score (nSPS) is 20.8. The van der Waals surface area contributed by atoms with Crippen LogP contribution in [0, 0.1) is 18.3 Å². The van der Waals surface area contributed by atoms with E-state index in [1.54, 1.807) is 11.9 Å². The fourth-order valence-electron chi connectivity index (χ4n) is 2.73. The highest BCUT2D eigenvalue weighted by Crippen LogP contribution is 2.37. The second kappa shape index (κ2) is 4.84. The summed E-state index contributed by atoms with van der Waals surface area (Å²) in [6, 6.07) is 5.46. The van der Waals surface area contributed by atoms with Crippen molar-refractivity contribution in [2.75, 3.05) is 29.9 Å². The van der Waals surface area contributed by atoms with Gasteiger partial charge in [-0.25, -0.2) is 0 Å². The van der Waals surface area contributed by atoms with Crippen LogP contribution in [0.25, 0.3) is 0 Å². The van der Waals surface area contributed by atoms with Gasteiger partial charge in [-0.1, -0.05) is 12.0 Å². The molecule has 2 aliphatic rings. The number of carbonyl (C=O) groups excluding carboxylic acids is 1. The Kier molecular flexibility index (Phi) is 3.15. The number of nitrogens with two attached hydrogens (primary N) is 1. The van der Waals surface area contributed by atoms with E-state index in [2.05, 4.69) is 10.8 Å². The van der Waals surface area contributed by atoms with Crippen LogP contribution in [0.3, 0.4) is 0 Å². The maximum Gasteiger partial charge on any atom is 0.248 e. The predicted octanol–water partition coefficient (Wildman–Crippen LogP) is 1.51. The Morgan fingerprint density at radius 2 is 2.25 bits per heavy atom. The summed E-state index contributed by atoms with van der Waals surface area (Å²) in [6.07, 6.45) is 8.04. The minimum atomic E-state index is -0.534. The summed E-state index contributed by atoms with van der Waals surface area (Å²) in [4.78, 5) is 15.8. The predicted molar refractivity (Wildman–Crippen MR) is 80.6 cm³/mol. The first-order valence-electron chi connectivity index (χ1n) is 6.97. The molecule has 0 saturated heterocycles. The van der Waals surface area contributed by atoms with Crippen LogP contribution < -0.4 is 15.5 Å². The molecule has 4 heteroatoms. The van der Waals surface area contributed by atoms with Crippen LogP contribution in [0.1, 0.15) is 24.4 Å². The molecule has 2 N–H and O–H groups in total. The zero-order chi connectivity index (χ0) is 14.3. The van der Waals surface area contributed by atoms with Crippen LogP contribution in [0.2, 0.25) is 0 Å². The molecular formula is C16H19N3O. The van der Waals surface area contributed by atoms with Gasteiger partial charge in [-0.3, -0.25) is 4.79 Å². The number of hydrogen-bond donors (Lipinski definition) is 1. The lowest BCUT2D eigenvalue weighted by Gasteiger charge is -2.23. The van der Waals surface area contributed by atoms with Crippen molar-refractivity contribution in [2.45, 2.75) is 18.9 Å². The first kappa shape index (κ1) is 13.0. The number of likely N-dealkylation sites (N-methyl/N-ethyl adjacent to an activating group) is 1. The van der Waals surface area contributed by atoms with Crippen molar-refractivity contribution < 1.29 is 4.79 Å². The lowest BCUT2D eigenvalue weighted by atomic mass is 10.1. The van der Waals surface area contributed by atoms with Gasteiger partial charge in [-0.15, -0.1) is 6.42 Å². The monoisotopic (exact) mass is 269 g/mol. The number of anilines is 2. The summed E-state index contributed by atoms with van der Waals surface area (Å²) < 4.78 is 0. The maximum atomic E-state index is 11.9. The van der Waals surface area contributed by atoms with Gasteiger partial charge in [0.2, 0.25) is 5.91 Å². The van der Waals surface area contributed by atoms with Gasteiger partial charge in [0.15, 0.2) is 0 Å². The molecule has 1 atom stereocenters. The summed E-state index contributed by atoms with van der Waals surface area (Å²) in [6.45, 7) is 1.59. The minimum absolute atomic E-state index is 0.0529. The van der Waals surface area contributed by atoms with Crippen molar-refractivity contribution in [1.29, 1.82) is 0 Å². The number of amides is 1. The number of benzene rings is 1. The van der Waals surface area contributed by atoms with Crippen LogP contribution in [0.5, 0.6) is 0 Å². The number of terminal acetylenes is 1. The Labute approximate surface area is 119 Å². The van der Waals surface area contributed by atoms with Crippen molar-refractivity contribution in [3.63, 3.8) is 0 Å². The molecule has 0 aromatic heterocycles. The van der Waals surface area contributed by atoms with Crippen LogP contribution >= 0.6 is 0 Å². The molecule has 1 unspecified atom stereocenters. The molecule has 1 aromatic carbocycles. The van der Waals surface area contributed by atoms with Gasteiger partial charge < -0.3 is 15.5 Å². The van der Waals surface area contributed by atoms with E-state index >= 15 is 0 Å². The van der Waals surface area contributed by atoms with Crippen LogP contribution in [0.15, 0.2) is 18.2 Å². The molecule has 0 radical (unpaired) electrons. The SMILES string of the molecule is C#CCN(CC1CC1)c1ccc2c(c1)N(C)C(=O)C2N. The van der Waals surface area contributed by atoms with Gasteiger partial charge in [0, 0.05) is 24.8 Å². The lowest BCUT2D eigenvalue weighted by Crippen LogP contribution is -2.28. The fourth-order valence-corrected chi connectivity index (χ4v) is 2.73. The molecule has 1 fully saturated rings. The average Bonchev–Trinajstić information content (AvgIpc) is 3.24. The third kappa shape index (κ3) is 2.14. The fraction of sp³-hybridized carbons (Fsp3) is 0.438. The molecule has 1 aliphatic carbocycles. The highest BCUT2D eigenvalue weighted by molar-refractivity contribution is 6.04. The molecular weight excluding hydrogens is 250 g/mol. The smallest absolute Gasteiger partial charge is 0.248 e. The van der Waals surface area contributed by atoms with E-state index in [4.69, 9.17) is 12.2 Å². The van der Waals surface area contributed by atoms with E-state index in [0.29, 0.717) is 6.54 Å². The average molecular weight is 269 g/mol. The number of carbonyl (C=O) groups is 1. The first-order chi connectivity index (χ1) is 9.61. The summed E-state index contributed by atoms with van der Waals surface area (Å²) in [7, 11) is 1.77. The van der Waals surface area contributed by atoms with E-state index in [1.165, 1.54) is 12.8 Å². The summed E-state index contributed by atoms with van der Waals surface area (Å²) in [5, 5.41) is 0. The van der Waals surface area contributed by atoms with E-state index in [0.717, 1.165) is 29.4 Å². The molecule has 104 valence electrons. The Hall–Kier alpha value is -1.99.